The van der Waals surface area contributed by atoms with E-state index in [1.807, 2.05) is 13.0 Å². The molecular formula is C11H11N5O. The van der Waals surface area contributed by atoms with Crippen LogP contribution in [-0.2, 0) is 6.54 Å². The zero-order valence-electron chi connectivity index (χ0n) is 9.29. The summed E-state index contributed by atoms with van der Waals surface area (Å²) in [6.45, 7) is 2.20. The number of nitrogens with zero attached hydrogens (tertiary/aromatic N) is 4. The molecule has 0 fully saturated rings. The minimum atomic E-state index is -0.318. The quantitative estimate of drug-likeness (QED) is 0.829. The lowest BCUT2D eigenvalue weighted by atomic mass is 10.3. The molecule has 1 N–H and O–H groups in total. The highest BCUT2D eigenvalue weighted by molar-refractivity contribution is 5.90. The van der Waals surface area contributed by atoms with Gasteiger partial charge in [0.25, 0.3) is 5.91 Å². The van der Waals surface area contributed by atoms with E-state index in [1.54, 1.807) is 6.07 Å². The number of nitrogens with one attached hydrogen (secondary N) is 1. The van der Waals surface area contributed by atoms with Gasteiger partial charge >= 0.3 is 0 Å². The molecule has 0 aliphatic carbocycles. The van der Waals surface area contributed by atoms with E-state index >= 15 is 0 Å². The Hall–Kier alpha value is -2.37. The first-order valence-corrected chi connectivity index (χ1v) is 5.08. The average Bonchev–Trinajstić information content (AvgIpc) is 2.37. The number of hydrogen-bond donors (Lipinski definition) is 1. The van der Waals surface area contributed by atoms with Crippen LogP contribution in [0.4, 0.5) is 0 Å². The molecule has 0 aromatic carbocycles. The minimum Gasteiger partial charge on any atom is -0.344 e. The van der Waals surface area contributed by atoms with E-state index in [9.17, 15) is 4.79 Å². The molecule has 6 nitrogen and oxygen atoms in total. The Labute approximate surface area is 98.2 Å². The van der Waals surface area contributed by atoms with Crippen LogP contribution in [0.15, 0.2) is 30.9 Å². The maximum atomic E-state index is 11.6. The Balaban J connectivity index is 1.97. The summed E-state index contributed by atoms with van der Waals surface area (Å²) in [6, 6.07) is 3.47. The summed E-state index contributed by atoms with van der Waals surface area (Å²) in [5, 5.41) is 2.69. The highest BCUT2D eigenvalue weighted by Gasteiger charge is 2.07. The van der Waals surface area contributed by atoms with E-state index in [4.69, 9.17) is 0 Å². The molecular weight excluding hydrogens is 218 g/mol. The van der Waals surface area contributed by atoms with Gasteiger partial charge in [0, 0.05) is 18.1 Å². The molecule has 2 heterocycles. The SMILES string of the molecule is Cc1cc(CNC(=O)c2ncccn2)ncn1. The number of amides is 1. The number of carbonyl (C=O) groups excluding carboxylic acids is 1. The fraction of sp³-hybridized carbons (Fsp3) is 0.182. The molecule has 86 valence electrons. The van der Waals surface area contributed by atoms with Gasteiger partial charge in [0.15, 0.2) is 0 Å². The van der Waals surface area contributed by atoms with E-state index in [0.717, 1.165) is 11.4 Å². The lowest BCUT2D eigenvalue weighted by Crippen LogP contribution is -2.25. The van der Waals surface area contributed by atoms with E-state index in [1.165, 1.54) is 18.7 Å². The van der Waals surface area contributed by atoms with E-state index in [-0.39, 0.29) is 11.7 Å². The third-order valence-corrected chi connectivity index (χ3v) is 2.06. The second-order valence-electron chi connectivity index (χ2n) is 3.41. The maximum Gasteiger partial charge on any atom is 0.289 e. The van der Waals surface area contributed by atoms with Crippen molar-refractivity contribution in [1.82, 2.24) is 25.3 Å². The lowest BCUT2D eigenvalue weighted by molar-refractivity contribution is 0.0940. The van der Waals surface area contributed by atoms with Crippen molar-refractivity contribution in [3.05, 3.63) is 48.1 Å². The first-order valence-electron chi connectivity index (χ1n) is 5.08. The highest BCUT2D eigenvalue weighted by Crippen LogP contribution is 1.96. The van der Waals surface area contributed by atoms with Gasteiger partial charge in [0.2, 0.25) is 5.82 Å². The van der Waals surface area contributed by atoms with Crippen molar-refractivity contribution < 1.29 is 4.79 Å². The van der Waals surface area contributed by atoms with Crippen molar-refractivity contribution in [3.8, 4) is 0 Å². The van der Waals surface area contributed by atoms with E-state index in [2.05, 4.69) is 25.3 Å². The van der Waals surface area contributed by atoms with Crippen LogP contribution in [0.2, 0.25) is 0 Å². The summed E-state index contributed by atoms with van der Waals surface area (Å²) in [6.07, 6.45) is 4.52. The number of aryl methyl sites for hydroxylation is 1. The molecule has 0 aliphatic heterocycles. The zero-order valence-corrected chi connectivity index (χ0v) is 9.29. The number of hydrogen-bond acceptors (Lipinski definition) is 5. The van der Waals surface area contributed by atoms with Gasteiger partial charge in [-0.1, -0.05) is 0 Å². The molecule has 17 heavy (non-hydrogen) atoms. The third kappa shape index (κ3) is 3.04. The number of carbonyl (C=O) groups is 1. The Kier molecular flexibility index (Phi) is 3.34. The van der Waals surface area contributed by atoms with Gasteiger partial charge in [-0.3, -0.25) is 4.79 Å². The van der Waals surface area contributed by atoms with Crippen LogP contribution in [-0.4, -0.2) is 25.8 Å². The molecule has 2 aromatic heterocycles. The molecule has 0 atom stereocenters. The van der Waals surface area contributed by atoms with Gasteiger partial charge in [-0.05, 0) is 19.1 Å². The Bertz CT molecular complexity index is 514. The molecule has 0 aliphatic rings. The lowest BCUT2D eigenvalue weighted by Gasteiger charge is -2.03. The second-order valence-corrected chi connectivity index (χ2v) is 3.41. The molecule has 1 amide bonds. The van der Waals surface area contributed by atoms with Gasteiger partial charge < -0.3 is 5.32 Å². The molecule has 0 unspecified atom stereocenters. The average molecular weight is 229 g/mol. The minimum absolute atomic E-state index is 0.151. The number of rotatable bonds is 3. The zero-order chi connectivity index (χ0) is 12.1. The Morgan fingerprint density at radius 3 is 2.71 bits per heavy atom. The Morgan fingerprint density at radius 2 is 2.00 bits per heavy atom. The van der Waals surface area contributed by atoms with Crippen molar-refractivity contribution in [1.29, 1.82) is 0 Å². The van der Waals surface area contributed by atoms with Crippen molar-refractivity contribution in [3.63, 3.8) is 0 Å². The predicted molar refractivity (Wildman–Crippen MR) is 60.0 cm³/mol. The largest absolute Gasteiger partial charge is 0.344 e. The van der Waals surface area contributed by atoms with Crippen LogP contribution in [0, 0.1) is 6.92 Å². The van der Waals surface area contributed by atoms with Crippen LogP contribution in [0.25, 0.3) is 0 Å². The smallest absolute Gasteiger partial charge is 0.289 e. The van der Waals surface area contributed by atoms with Crippen molar-refractivity contribution >= 4 is 5.91 Å². The monoisotopic (exact) mass is 229 g/mol. The molecule has 0 radical (unpaired) electrons. The summed E-state index contributed by atoms with van der Waals surface area (Å²) >= 11 is 0. The molecule has 0 saturated carbocycles. The second kappa shape index (κ2) is 5.11. The van der Waals surface area contributed by atoms with Gasteiger partial charge in [-0.25, -0.2) is 19.9 Å². The standard InChI is InChI=1S/C11H11N5O/c1-8-5-9(16-7-15-8)6-14-11(17)10-12-3-2-4-13-10/h2-5,7H,6H2,1H3,(H,14,17). The molecule has 2 aromatic rings. The Morgan fingerprint density at radius 1 is 1.24 bits per heavy atom. The predicted octanol–water partition coefficient (Wildman–Crippen LogP) is 0.505. The van der Waals surface area contributed by atoms with Crippen LogP contribution in [0.3, 0.4) is 0 Å². The van der Waals surface area contributed by atoms with Crippen LogP contribution in [0.5, 0.6) is 0 Å². The normalized spacial score (nSPS) is 9.94. The number of aromatic nitrogens is 4. The summed E-state index contributed by atoms with van der Waals surface area (Å²) in [4.78, 5) is 27.3. The molecule has 6 heteroatoms. The summed E-state index contributed by atoms with van der Waals surface area (Å²) < 4.78 is 0. The van der Waals surface area contributed by atoms with Gasteiger partial charge in [0.05, 0.1) is 12.2 Å². The first-order chi connectivity index (χ1) is 8.25. The fourth-order valence-electron chi connectivity index (χ4n) is 1.27. The summed E-state index contributed by atoms with van der Waals surface area (Å²) in [7, 11) is 0. The molecule has 0 bridgehead atoms. The van der Waals surface area contributed by atoms with Crippen molar-refractivity contribution in [2.45, 2.75) is 13.5 Å². The van der Waals surface area contributed by atoms with Crippen LogP contribution >= 0.6 is 0 Å². The highest BCUT2D eigenvalue weighted by atomic mass is 16.2. The molecule has 2 rings (SSSR count). The van der Waals surface area contributed by atoms with Gasteiger partial charge in [-0.2, -0.15) is 0 Å². The van der Waals surface area contributed by atoms with Crippen molar-refractivity contribution in [2.24, 2.45) is 0 Å². The van der Waals surface area contributed by atoms with Gasteiger partial charge in [-0.15, -0.1) is 0 Å². The van der Waals surface area contributed by atoms with E-state index < -0.39 is 0 Å². The topological polar surface area (TPSA) is 80.7 Å². The first kappa shape index (κ1) is 11.1. The molecule has 0 spiro atoms. The van der Waals surface area contributed by atoms with E-state index in [0.29, 0.717) is 6.54 Å². The molecule has 0 saturated heterocycles. The van der Waals surface area contributed by atoms with Crippen molar-refractivity contribution in [2.75, 3.05) is 0 Å². The summed E-state index contributed by atoms with van der Waals surface area (Å²) in [5.41, 5.74) is 1.61. The summed E-state index contributed by atoms with van der Waals surface area (Å²) in [5.74, 6) is -0.167. The van der Waals surface area contributed by atoms with Gasteiger partial charge in [0.1, 0.15) is 6.33 Å². The third-order valence-electron chi connectivity index (χ3n) is 2.06. The van der Waals surface area contributed by atoms with Crippen LogP contribution < -0.4 is 5.32 Å². The van der Waals surface area contributed by atoms with Crippen LogP contribution in [0.1, 0.15) is 22.0 Å². The fourth-order valence-corrected chi connectivity index (χ4v) is 1.27. The maximum absolute atomic E-state index is 11.6.